The average Bonchev–Trinajstić information content (AvgIpc) is 2.81. The number of carboxylic acids is 2. The summed E-state index contributed by atoms with van der Waals surface area (Å²) in [6.07, 6.45) is 0.544. The number of aliphatic hydroxyl groups is 1. The topological polar surface area (TPSA) is 134 Å². The maximum Gasteiger partial charge on any atom is 1.00 e. The van der Waals surface area contributed by atoms with Gasteiger partial charge in [0.15, 0.2) is 0 Å². The molecule has 1 amide bonds. The van der Waals surface area contributed by atoms with Crippen molar-refractivity contribution < 1.29 is 88.8 Å². The second-order valence-electron chi connectivity index (χ2n) is 6.35. The van der Waals surface area contributed by atoms with Crippen LogP contribution in [0.15, 0.2) is 34.6 Å². The molecule has 0 saturated carbocycles. The Morgan fingerprint density at radius 3 is 2.50 bits per heavy atom. The number of β-lactam (4-membered cyclic amide) rings is 1. The van der Waals surface area contributed by atoms with Gasteiger partial charge in [-0.05, 0) is 24.6 Å². The Hall–Kier alpha value is -0.390. The van der Waals surface area contributed by atoms with E-state index in [9.17, 15) is 29.7 Å². The normalized spacial score (nSPS) is 23.9. The van der Waals surface area contributed by atoms with Crippen molar-refractivity contribution in [2.45, 2.75) is 31.0 Å². The first-order chi connectivity index (χ1) is 12.3. The molecule has 0 bridgehead atoms. The molecular formula is C17H16N2Na2O6S. The Morgan fingerprint density at radius 1 is 1.32 bits per heavy atom. The molecule has 3 heterocycles. The van der Waals surface area contributed by atoms with Gasteiger partial charge in [-0.25, -0.2) is 4.98 Å². The maximum atomic E-state index is 12.2. The minimum Gasteiger partial charge on any atom is -0.545 e. The molecule has 1 aromatic heterocycles. The number of aromatic nitrogens is 1. The van der Waals surface area contributed by atoms with Crippen molar-refractivity contribution >= 4 is 29.6 Å². The molecule has 1 N–H and O–H groups in total. The number of aliphatic hydroxyl groups excluding tert-OH is 1. The minimum absolute atomic E-state index is 0. The Balaban J connectivity index is 0.00000196. The molecule has 3 rings (SSSR count). The smallest absolute Gasteiger partial charge is 0.545 e. The van der Waals surface area contributed by atoms with Crippen LogP contribution < -0.4 is 69.3 Å². The van der Waals surface area contributed by atoms with Crippen molar-refractivity contribution in [3.63, 3.8) is 0 Å². The van der Waals surface area contributed by atoms with Crippen molar-refractivity contribution in [2.75, 3.05) is 5.75 Å². The van der Waals surface area contributed by atoms with Gasteiger partial charge in [-0.15, -0.1) is 11.8 Å². The first-order valence-electron chi connectivity index (χ1n) is 8.00. The van der Waals surface area contributed by atoms with Gasteiger partial charge in [-0.1, -0.05) is 6.92 Å². The number of aliphatic carboxylic acids is 1. The predicted molar refractivity (Wildman–Crippen MR) is 86.3 cm³/mol. The van der Waals surface area contributed by atoms with Crippen LogP contribution in [0.2, 0.25) is 0 Å². The standard InChI is InChI=1S/C17H18N2O6S.2Na/c1-7-10(6-26-14-9(16(22)23)4-3-5-18-14)13(17(24)25)19-12(7)11(8(2)20)15(19)21;;/h3-5,7-8,11-12,20H,6H2,1-2H3,(H,22,23)(H,24,25);;/q;2*+1/p-2/t7-,8+,11+,12+;;/m0../s1. The summed E-state index contributed by atoms with van der Waals surface area (Å²) in [5.41, 5.74) is 0.189. The number of rotatable bonds is 6. The monoisotopic (exact) mass is 422 g/mol. The number of amides is 1. The summed E-state index contributed by atoms with van der Waals surface area (Å²) in [6.45, 7) is 3.28. The van der Waals surface area contributed by atoms with E-state index >= 15 is 0 Å². The van der Waals surface area contributed by atoms with E-state index in [1.165, 1.54) is 30.2 Å². The van der Waals surface area contributed by atoms with E-state index in [-0.39, 0.29) is 87.1 Å². The molecular weight excluding hydrogens is 406 g/mol. The first-order valence-corrected chi connectivity index (χ1v) is 8.99. The Labute approximate surface area is 210 Å². The first kappa shape index (κ1) is 25.6. The second-order valence-corrected chi connectivity index (χ2v) is 7.31. The Morgan fingerprint density at radius 2 is 1.96 bits per heavy atom. The van der Waals surface area contributed by atoms with Crippen LogP contribution in [0.4, 0.5) is 0 Å². The number of thioether (sulfide) groups is 1. The minimum atomic E-state index is -1.46. The van der Waals surface area contributed by atoms with Crippen LogP contribution in [0.5, 0.6) is 0 Å². The molecule has 0 radical (unpaired) electrons. The molecule has 2 aliphatic rings. The van der Waals surface area contributed by atoms with E-state index in [0.717, 1.165) is 11.8 Å². The summed E-state index contributed by atoms with van der Waals surface area (Å²) < 4.78 is 0. The number of nitrogens with zero attached hydrogens (tertiary/aromatic N) is 2. The zero-order chi connectivity index (χ0) is 19.2. The SMILES string of the molecule is C[C@@H](O)[C@H]1C(=O)N2C(C(=O)[O-])=C(CSc3ncccc3C(=O)[O-])[C@H](C)[C@H]12.[Na+].[Na+]. The van der Waals surface area contributed by atoms with Crippen molar-refractivity contribution in [2.24, 2.45) is 11.8 Å². The summed E-state index contributed by atoms with van der Waals surface area (Å²) in [4.78, 5) is 40.2. The molecule has 0 aliphatic carbocycles. The van der Waals surface area contributed by atoms with Gasteiger partial charge >= 0.3 is 59.1 Å². The van der Waals surface area contributed by atoms with Crippen LogP contribution in [0, 0.1) is 11.8 Å². The van der Waals surface area contributed by atoms with E-state index in [1.807, 2.05) is 0 Å². The van der Waals surface area contributed by atoms with E-state index in [4.69, 9.17) is 0 Å². The summed E-state index contributed by atoms with van der Waals surface area (Å²) in [5.74, 6) is -4.10. The van der Waals surface area contributed by atoms with Crippen LogP contribution in [-0.2, 0) is 9.59 Å². The van der Waals surface area contributed by atoms with Crippen molar-refractivity contribution in [3.8, 4) is 0 Å². The van der Waals surface area contributed by atoms with Gasteiger partial charge < -0.3 is 29.8 Å². The summed E-state index contributed by atoms with van der Waals surface area (Å²) in [5, 5.41) is 32.8. The summed E-state index contributed by atoms with van der Waals surface area (Å²) in [6, 6.07) is 2.39. The van der Waals surface area contributed by atoms with Gasteiger partial charge in [0, 0.05) is 23.4 Å². The molecule has 4 atom stereocenters. The molecule has 8 nitrogen and oxygen atoms in total. The molecule has 0 spiro atoms. The maximum absolute atomic E-state index is 12.2. The van der Waals surface area contributed by atoms with Crippen molar-refractivity contribution in [1.82, 2.24) is 9.88 Å². The van der Waals surface area contributed by atoms with Gasteiger partial charge in [0.25, 0.3) is 0 Å². The van der Waals surface area contributed by atoms with E-state index < -0.39 is 35.9 Å². The van der Waals surface area contributed by atoms with Crippen LogP contribution in [0.25, 0.3) is 0 Å². The molecule has 1 saturated heterocycles. The fourth-order valence-electron chi connectivity index (χ4n) is 3.63. The molecule has 0 aromatic carbocycles. The van der Waals surface area contributed by atoms with Gasteiger partial charge in [-0.3, -0.25) is 4.79 Å². The predicted octanol–water partition coefficient (Wildman–Crippen LogP) is -7.59. The van der Waals surface area contributed by atoms with Gasteiger partial charge in [0.05, 0.1) is 35.7 Å². The quantitative estimate of drug-likeness (QED) is 0.272. The number of hydrogen-bond donors (Lipinski definition) is 1. The molecule has 138 valence electrons. The molecule has 28 heavy (non-hydrogen) atoms. The fourth-order valence-corrected chi connectivity index (χ4v) is 4.76. The third kappa shape index (κ3) is 4.37. The average molecular weight is 422 g/mol. The van der Waals surface area contributed by atoms with Gasteiger partial charge in [0.2, 0.25) is 5.91 Å². The number of fused-ring (bicyclic) bond motifs is 1. The molecule has 1 fully saturated rings. The van der Waals surface area contributed by atoms with Crippen LogP contribution >= 0.6 is 11.8 Å². The van der Waals surface area contributed by atoms with Crippen LogP contribution in [-0.4, -0.2) is 50.7 Å². The number of aromatic carboxylic acids is 1. The molecule has 0 unspecified atom stereocenters. The zero-order valence-electron chi connectivity index (χ0n) is 16.0. The molecule has 2 aliphatic heterocycles. The van der Waals surface area contributed by atoms with Crippen LogP contribution in [0.3, 0.4) is 0 Å². The molecule has 1 aromatic rings. The van der Waals surface area contributed by atoms with Gasteiger partial charge in [-0.2, -0.15) is 0 Å². The third-order valence-electron chi connectivity index (χ3n) is 4.86. The van der Waals surface area contributed by atoms with E-state index in [1.54, 1.807) is 6.92 Å². The number of pyridine rings is 1. The Bertz CT molecular complexity index is 832. The largest absolute Gasteiger partial charge is 1.00 e. The number of carboxylic acid groups (broad SMARTS) is 2. The van der Waals surface area contributed by atoms with E-state index in [2.05, 4.69) is 4.98 Å². The molecule has 11 heteroatoms. The number of hydrogen-bond acceptors (Lipinski definition) is 8. The van der Waals surface area contributed by atoms with Crippen molar-refractivity contribution in [1.29, 1.82) is 0 Å². The summed E-state index contributed by atoms with van der Waals surface area (Å²) >= 11 is 1.06. The fraction of sp³-hybridized carbons (Fsp3) is 0.412. The van der Waals surface area contributed by atoms with E-state index in [0.29, 0.717) is 5.57 Å². The second kappa shape index (κ2) is 10.1. The Kier molecular flexibility index (Phi) is 9.23. The summed E-state index contributed by atoms with van der Waals surface area (Å²) in [7, 11) is 0. The number of carbonyl (C=O) groups excluding carboxylic acids is 3. The van der Waals surface area contributed by atoms with Gasteiger partial charge in [0.1, 0.15) is 5.03 Å². The van der Waals surface area contributed by atoms with Crippen molar-refractivity contribution in [3.05, 3.63) is 35.2 Å². The number of carbonyl (C=O) groups is 3. The zero-order valence-corrected chi connectivity index (χ0v) is 20.9. The third-order valence-corrected chi connectivity index (χ3v) is 5.92. The van der Waals surface area contributed by atoms with Crippen LogP contribution in [0.1, 0.15) is 24.2 Å².